The van der Waals surface area contributed by atoms with Crippen LogP contribution in [0.2, 0.25) is 20.1 Å². The van der Waals surface area contributed by atoms with Gasteiger partial charge in [0.15, 0.2) is 0 Å². The zero-order valence-electron chi connectivity index (χ0n) is 38.3. The summed E-state index contributed by atoms with van der Waals surface area (Å²) in [6.45, 7) is 33.4. The van der Waals surface area contributed by atoms with E-state index in [1.165, 1.54) is 0 Å². The maximum absolute atomic E-state index is 6.66. The van der Waals surface area contributed by atoms with Crippen molar-refractivity contribution in [1.29, 1.82) is 0 Å². The third kappa shape index (κ3) is 10.8. The minimum absolute atomic E-state index is 0.000197. The highest BCUT2D eigenvalue weighted by atomic mass is 35.5. The Bertz CT molecular complexity index is 1920. The normalized spacial score (nSPS) is 13.7. The standard InChI is InChI=1S/2C21H26Cl2O2.2C3H7O.2Al/c2*1-10(2)14-8-18(22)12(5)16(20(14)24)7-17-13(6)19(23)9-15(11(3)4)21(17)25;2*1-3(2)4;;/h2*8-11,24-25H,7H2,1-6H3;2*3H,1-2H3;;/q;;2*-1;2*+3/p-4. The summed E-state index contributed by atoms with van der Waals surface area (Å²) in [6.07, 6.45) is 1.32. The lowest BCUT2D eigenvalue weighted by molar-refractivity contribution is 0.151. The zero-order chi connectivity index (χ0) is 44.7. The summed E-state index contributed by atoms with van der Waals surface area (Å²) in [6, 6.07) is 8.09. The Morgan fingerprint density at radius 1 is 0.400 bits per heavy atom. The van der Waals surface area contributed by atoms with Crippen LogP contribution in [0.4, 0.5) is 0 Å². The largest absolute Gasteiger partial charge is 1.10 e. The Kier molecular flexibility index (Phi) is 16.7. The van der Waals surface area contributed by atoms with Crippen molar-refractivity contribution in [2.45, 2.75) is 160 Å². The fraction of sp³-hybridized carbons (Fsp3) is 0.500. The van der Waals surface area contributed by atoms with Crippen molar-refractivity contribution in [3.05, 3.63) is 111 Å². The van der Waals surface area contributed by atoms with Gasteiger partial charge in [0.05, 0.1) is 23.0 Å². The first-order valence-electron chi connectivity index (χ1n) is 21.3. The molecule has 2 heterocycles. The van der Waals surface area contributed by atoms with E-state index < -0.39 is 30.3 Å². The third-order valence-corrected chi connectivity index (χ3v) is 16.2. The zero-order valence-corrected chi connectivity index (χ0v) is 43.6. The van der Waals surface area contributed by atoms with Crippen molar-refractivity contribution >= 4 is 76.7 Å². The molecule has 0 amide bonds. The van der Waals surface area contributed by atoms with E-state index in [-0.39, 0.29) is 35.9 Å². The SMILES string of the molecule is Cc1c(Cl)cc(C(C)C)c2c1Cc1c(C)c(Cl)cc(C(C)C)c1[O][Al]([O]C(C)C)[O]2.Cc1c(Cl)cc(C(C)C)c2c1Cc1c(C)c(Cl)cc(C(C)C)c1[O][Al]([O]C(C)C)[O]2. The molecule has 4 aromatic carbocycles. The molecule has 0 aliphatic carbocycles. The summed E-state index contributed by atoms with van der Waals surface area (Å²) in [5, 5.41) is 3.04. The summed E-state index contributed by atoms with van der Waals surface area (Å²) < 4.78 is 38.5. The third-order valence-electron chi connectivity index (χ3n) is 11.3. The van der Waals surface area contributed by atoms with Crippen LogP contribution in [0.5, 0.6) is 23.0 Å². The first-order chi connectivity index (χ1) is 28.0. The molecule has 0 N–H and O–H groups in total. The second-order valence-corrected chi connectivity index (χ2v) is 22.2. The predicted octanol–water partition coefficient (Wildman–Crippen LogP) is 15.3. The van der Waals surface area contributed by atoms with Gasteiger partial charge < -0.3 is 22.7 Å². The highest BCUT2D eigenvalue weighted by molar-refractivity contribution is 6.39. The molecule has 324 valence electrons. The maximum Gasteiger partial charge on any atom is 1.10 e. The molecule has 2 aliphatic rings. The molecule has 0 saturated carbocycles. The van der Waals surface area contributed by atoms with Crippen LogP contribution in [0.15, 0.2) is 24.3 Å². The summed E-state index contributed by atoms with van der Waals surface area (Å²) in [7, 11) is 0. The summed E-state index contributed by atoms with van der Waals surface area (Å²) in [5.74, 6) is 4.49. The maximum atomic E-state index is 6.66. The molecule has 0 fully saturated rings. The van der Waals surface area contributed by atoms with Crippen molar-refractivity contribution < 1.29 is 22.7 Å². The molecule has 4 aromatic rings. The first kappa shape index (κ1) is 49.2. The van der Waals surface area contributed by atoms with Crippen LogP contribution in [-0.2, 0) is 20.4 Å². The minimum atomic E-state index is -2.53. The molecular formula is C48H62Al2Cl4O6. The lowest BCUT2D eigenvalue weighted by Crippen LogP contribution is -2.38. The Morgan fingerprint density at radius 3 is 0.767 bits per heavy atom. The molecule has 0 spiro atoms. The summed E-state index contributed by atoms with van der Waals surface area (Å²) in [4.78, 5) is 0. The van der Waals surface area contributed by atoms with Crippen LogP contribution in [0.3, 0.4) is 0 Å². The molecule has 6 nitrogen and oxygen atoms in total. The predicted molar refractivity (Wildman–Crippen MR) is 253 cm³/mol. The van der Waals surface area contributed by atoms with E-state index in [9.17, 15) is 0 Å². The molecule has 12 heteroatoms. The van der Waals surface area contributed by atoms with E-state index in [2.05, 4.69) is 83.1 Å². The lowest BCUT2D eigenvalue weighted by Gasteiger charge is -2.31. The van der Waals surface area contributed by atoms with Gasteiger partial charge in [0.2, 0.25) is 0 Å². The average Bonchev–Trinajstić information content (AvgIpc) is 3.13. The second kappa shape index (κ2) is 20.4. The van der Waals surface area contributed by atoms with Gasteiger partial charge in [0, 0.05) is 67.4 Å². The van der Waals surface area contributed by atoms with Crippen molar-refractivity contribution in [2.75, 3.05) is 0 Å². The first-order valence-corrected chi connectivity index (χ1v) is 25.6. The van der Waals surface area contributed by atoms with Gasteiger partial charge >= 0.3 is 30.3 Å². The number of benzene rings is 4. The number of rotatable bonds is 8. The van der Waals surface area contributed by atoms with E-state index in [1.54, 1.807) is 0 Å². The lowest BCUT2D eigenvalue weighted by atomic mass is 9.88. The Labute approximate surface area is 390 Å². The van der Waals surface area contributed by atoms with Gasteiger partial charge in [0.25, 0.3) is 0 Å². The molecule has 0 aromatic heterocycles. The van der Waals surface area contributed by atoms with Gasteiger partial charge in [-0.2, -0.15) is 0 Å². The molecule has 6 rings (SSSR count). The van der Waals surface area contributed by atoms with E-state index in [4.69, 9.17) is 69.1 Å². The van der Waals surface area contributed by atoms with Gasteiger partial charge in [-0.05, 0) is 148 Å². The average molecular weight is 931 g/mol. The van der Waals surface area contributed by atoms with Crippen LogP contribution in [0.25, 0.3) is 0 Å². The van der Waals surface area contributed by atoms with E-state index in [1.807, 2.05) is 52.0 Å². The van der Waals surface area contributed by atoms with Crippen LogP contribution in [-0.4, -0.2) is 42.5 Å². The Hall–Kier alpha value is -1.78. The van der Waals surface area contributed by atoms with Gasteiger partial charge in [0.1, 0.15) is 0 Å². The van der Waals surface area contributed by atoms with Crippen LogP contribution < -0.4 is 15.2 Å². The fourth-order valence-corrected chi connectivity index (χ4v) is 11.7. The van der Waals surface area contributed by atoms with E-state index >= 15 is 0 Å². The van der Waals surface area contributed by atoms with Gasteiger partial charge in [-0.3, -0.25) is 0 Å². The quantitative estimate of drug-likeness (QED) is 0.164. The van der Waals surface area contributed by atoms with Gasteiger partial charge in [-0.1, -0.05) is 102 Å². The van der Waals surface area contributed by atoms with E-state index in [0.29, 0.717) is 12.8 Å². The van der Waals surface area contributed by atoms with Crippen molar-refractivity contribution in [3.63, 3.8) is 0 Å². The summed E-state index contributed by atoms with van der Waals surface area (Å²) >= 11 is 21.6. The molecule has 0 unspecified atom stereocenters. The molecule has 0 saturated heterocycles. The van der Waals surface area contributed by atoms with Crippen molar-refractivity contribution in [2.24, 2.45) is 0 Å². The molecule has 0 bridgehead atoms. The number of hydrogen-bond donors (Lipinski definition) is 0. The van der Waals surface area contributed by atoms with Crippen molar-refractivity contribution in [3.8, 4) is 23.0 Å². The fourth-order valence-electron chi connectivity index (χ4n) is 7.66. The van der Waals surface area contributed by atoms with Crippen LogP contribution >= 0.6 is 46.4 Å². The van der Waals surface area contributed by atoms with Gasteiger partial charge in [-0.15, -0.1) is 0 Å². The van der Waals surface area contributed by atoms with Crippen LogP contribution in [0, 0.1) is 27.7 Å². The molecular weight excluding hydrogens is 868 g/mol. The molecule has 2 aliphatic heterocycles. The molecule has 0 radical (unpaired) electrons. The summed E-state index contributed by atoms with van der Waals surface area (Å²) in [5.41, 5.74) is 12.9. The Balaban J connectivity index is 0.000000228. The smallest absolute Gasteiger partial charge is 0.588 e. The highest BCUT2D eigenvalue weighted by Crippen LogP contribution is 2.47. The second-order valence-electron chi connectivity index (χ2n) is 17.9. The topological polar surface area (TPSA) is 55.4 Å². The Morgan fingerprint density at radius 2 is 0.600 bits per heavy atom. The number of fused-ring (bicyclic) bond motifs is 4. The van der Waals surface area contributed by atoms with Crippen molar-refractivity contribution in [1.82, 2.24) is 0 Å². The monoisotopic (exact) mass is 928 g/mol. The van der Waals surface area contributed by atoms with Crippen LogP contribution in [0.1, 0.15) is 174 Å². The molecule has 0 atom stereocenters. The van der Waals surface area contributed by atoms with E-state index in [0.717, 1.165) is 110 Å². The number of halogens is 4. The minimum Gasteiger partial charge on any atom is -0.588 e. The van der Waals surface area contributed by atoms with Gasteiger partial charge in [-0.25, -0.2) is 0 Å². The number of hydrogen-bond acceptors (Lipinski definition) is 6. The highest BCUT2D eigenvalue weighted by Gasteiger charge is 2.46. The molecule has 60 heavy (non-hydrogen) atoms.